The lowest BCUT2D eigenvalue weighted by Gasteiger charge is -2.08. The van der Waals surface area contributed by atoms with Crippen molar-refractivity contribution in [3.05, 3.63) is 63.8 Å². The summed E-state index contributed by atoms with van der Waals surface area (Å²) in [5.41, 5.74) is 3.04. The Balaban J connectivity index is 1.58. The van der Waals surface area contributed by atoms with Crippen LogP contribution in [0.15, 0.2) is 41.1 Å². The zero-order valence-electron chi connectivity index (χ0n) is 15.0. The number of aryl methyl sites for hydroxylation is 2. The number of benzene rings is 1. The number of nitrogens with zero attached hydrogens (tertiary/aromatic N) is 4. The molecule has 0 bridgehead atoms. The molecule has 0 spiro atoms. The van der Waals surface area contributed by atoms with E-state index in [2.05, 4.69) is 43.7 Å². The summed E-state index contributed by atoms with van der Waals surface area (Å²) in [4.78, 5) is 0. The molecule has 0 amide bonds. The first-order valence-corrected chi connectivity index (χ1v) is 9.70. The van der Waals surface area contributed by atoms with E-state index in [0.29, 0.717) is 24.0 Å². The highest BCUT2D eigenvalue weighted by Gasteiger charge is 2.10. The largest absolute Gasteiger partial charge is 0.358 e. The molecule has 3 rings (SSSR count). The molecular weight excluding hydrogens is 431 g/mol. The van der Waals surface area contributed by atoms with E-state index < -0.39 is 0 Å². The maximum absolute atomic E-state index is 13.0. The second-order valence-electron chi connectivity index (χ2n) is 6.05. The minimum Gasteiger partial charge on any atom is -0.358 e. The van der Waals surface area contributed by atoms with Crippen molar-refractivity contribution >= 4 is 39.1 Å². The van der Waals surface area contributed by atoms with E-state index in [4.69, 9.17) is 12.2 Å². The van der Waals surface area contributed by atoms with Crippen LogP contribution in [0.1, 0.15) is 23.7 Å². The normalized spacial score (nSPS) is 10.8. The van der Waals surface area contributed by atoms with E-state index in [0.717, 1.165) is 27.8 Å². The monoisotopic (exact) mass is 450 g/mol. The average molecular weight is 451 g/mol. The van der Waals surface area contributed by atoms with Gasteiger partial charge in [-0.05, 0) is 59.7 Å². The van der Waals surface area contributed by atoms with Crippen molar-refractivity contribution in [1.29, 1.82) is 0 Å². The van der Waals surface area contributed by atoms with Crippen LogP contribution in [0.3, 0.4) is 0 Å². The highest BCUT2D eigenvalue weighted by atomic mass is 79.9. The van der Waals surface area contributed by atoms with Crippen LogP contribution in [0.2, 0.25) is 0 Å². The van der Waals surface area contributed by atoms with Gasteiger partial charge in [-0.15, -0.1) is 0 Å². The number of hydrogen-bond acceptors (Lipinski definition) is 3. The fourth-order valence-electron chi connectivity index (χ4n) is 2.56. The van der Waals surface area contributed by atoms with Crippen LogP contribution in [0, 0.1) is 12.7 Å². The van der Waals surface area contributed by atoms with Gasteiger partial charge in [0.15, 0.2) is 10.9 Å². The highest BCUT2D eigenvalue weighted by molar-refractivity contribution is 9.10. The molecule has 142 valence electrons. The van der Waals surface area contributed by atoms with Gasteiger partial charge in [-0.3, -0.25) is 9.36 Å². The third kappa shape index (κ3) is 5.14. The molecule has 0 aliphatic carbocycles. The van der Waals surface area contributed by atoms with Gasteiger partial charge in [-0.25, -0.2) is 4.39 Å². The zero-order valence-corrected chi connectivity index (χ0v) is 17.4. The average Bonchev–Trinajstić information content (AvgIpc) is 3.17. The molecule has 0 fully saturated rings. The van der Waals surface area contributed by atoms with E-state index >= 15 is 0 Å². The van der Waals surface area contributed by atoms with Crippen molar-refractivity contribution in [2.75, 3.05) is 5.32 Å². The lowest BCUT2D eigenvalue weighted by molar-refractivity contribution is 0.624. The van der Waals surface area contributed by atoms with Crippen LogP contribution in [-0.2, 0) is 19.6 Å². The molecule has 27 heavy (non-hydrogen) atoms. The van der Waals surface area contributed by atoms with Gasteiger partial charge in [0, 0.05) is 31.0 Å². The lowest BCUT2D eigenvalue weighted by Crippen LogP contribution is -2.28. The van der Waals surface area contributed by atoms with Crippen molar-refractivity contribution in [3.8, 4) is 0 Å². The topological polar surface area (TPSA) is 59.7 Å². The molecule has 3 aromatic rings. The number of aromatic nitrogens is 4. The maximum Gasteiger partial charge on any atom is 0.172 e. The molecule has 2 heterocycles. The predicted molar refractivity (Wildman–Crippen MR) is 111 cm³/mol. The molecule has 0 aliphatic rings. The fourth-order valence-corrected chi connectivity index (χ4v) is 3.15. The van der Waals surface area contributed by atoms with Crippen molar-refractivity contribution < 1.29 is 4.39 Å². The summed E-state index contributed by atoms with van der Waals surface area (Å²) in [6.07, 6.45) is 3.86. The molecule has 0 atom stereocenters. The Labute approximate surface area is 170 Å². The van der Waals surface area contributed by atoms with E-state index in [1.54, 1.807) is 16.8 Å². The van der Waals surface area contributed by atoms with Crippen LogP contribution in [0.5, 0.6) is 0 Å². The summed E-state index contributed by atoms with van der Waals surface area (Å²) >= 11 is 8.85. The number of hydrogen-bond donors (Lipinski definition) is 2. The Hall–Kier alpha value is -2.26. The Bertz CT molecular complexity index is 934. The molecule has 0 unspecified atom stereocenters. The number of anilines is 1. The van der Waals surface area contributed by atoms with E-state index in [9.17, 15) is 4.39 Å². The van der Waals surface area contributed by atoms with Crippen molar-refractivity contribution in [1.82, 2.24) is 24.9 Å². The summed E-state index contributed by atoms with van der Waals surface area (Å²) in [7, 11) is 0. The van der Waals surface area contributed by atoms with Gasteiger partial charge < -0.3 is 10.6 Å². The van der Waals surface area contributed by atoms with Gasteiger partial charge in [0.05, 0.1) is 16.7 Å². The minimum absolute atomic E-state index is 0.251. The molecule has 0 aliphatic heterocycles. The van der Waals surface area contributed by atoms with E-state index in [1.165, 1.54) is 12.1 Å². The first-order valence-electron chi connectivity index (χ1n) is 8.49. The van der Waals surface area contributed by atoms with Gasteiger partial charge in [0.2, 0.25) is 0 Å². The molecule has 2 aromatic heterocycles. The maximum atomic E-state index is 13.0. The third-order valence-corrected chi connectivity index (χ3v) is 4.84. The summed E-state index contributed by atoms with van der Waals surface area (Å²) in [6, 6.07) is 6.36. The van der Waals surface area contributed by atoms with Gasteiger partial charge in [-0.1, -0.05) is 12.1 Å². The van der Waals surface area contributed by atoms with Gasteiger partial charge in [-0.2, -0.15) is 10.2 Å². The Morgan fingerprint density at radius 1 is 1.19 bits per heavy atom. The number of rotatable bonds is 6. The first-order chi connectivity index (χ1) is 12.9. The second kappa shape index (κ2) is 8.62. The molecule has 6 nitrogen and oxygen atoms in total. The van der Waals surface area contributed by atoms with Crippen LogP contribution in [-0.4, -0.2) is 24.7 Å². The molecule has 2 N–H and O–H groups in total. The lowest BCUT2D eigenvalue weighted by atomic mass is 10.2. The summed E-state index contributed by atoms with van der Waals surface area (Å²) in [6.45, 7) is 5.99. The molecule has 1 aromatic carbocycles. The number of thiocarbonyl (C=S) groups is 1. The van der Waals surface area contributed by atoms with Crippen LogP contribution in [0.25, 0.3) is 0 Å². The Morgan fingerprint density at radius 3 is 2.59 bits per heavy atom. The van der Waals surface area contributed by atoms with Crippen LogP contribution in [0.4, 0.5) is 10.2 Å². The van der Waals surface area contributed by atoms with Crippen molar-refractivity contribution in [3.63, 3.8) is 0 Å². The van der Waals surface area contributed by atoms with E-state index in [1.807, 2.05) is 24.0 Å². The summed E-state index contributed by atoms with van der Waals surface area (Å²) in [5, 5.41) is 15.6. The molecule has 0 radical (unpaired) electrons. The fraction of sp³-hybridized carbons (Fsp3) is 0.278. The SMILES string of the molecule is CCn1cc(CNC(=S)Nc2nn(Cc3ccc(F)cc3)cc2Br)c(C)n1. The molecule has 0 saturated heterocycles. The smallest absolute Gasteiger partial charge is 0.172 e. The van der Waals surface area contributed by atoms with Gasteiger partial charge in [0.25, 0.3) is 0 Å². The zero-order chi connectivity index (χ0) is 19.4. The van der Waals surface area contributed by atoms with E-state index in [-0.39, 0.29) is 5.82 Å². The molecular formula is C18H20BrFN6S. The van der Waals surface area contributed by atoms with Gasteiger partial charge >= 0.3 is 0 Å². The second-order valence-corrected chi connectivity index (χ2v) is 7.32. The van der Waals surface area contributed by atoms with Crippen LogP contribution < -0.4 is 10.6 Å². The predicted octanol–water partition coefficient (Wildman–Crippen LogP) is 3.84. The standard InChI is InChI=1S/C18H20BrFN6S/c1-3-25-10-14(12(2)23-25)8-21-18(27)22-17-16(19)11-26(24-17)9-13-4-6-15(20)7-5-13/h4-7,10-11H,3,8-9H2,1-2H3,(H2,21,22,24,27). The molecule has 0 saturated carbocycles. The Kier molecular flexibility index (Phi) is 6.22. The first kappa shape index (κ1) is 19.5. The number of halogens is 2. The van der Waals surface area contributed by atoms with Crippen molar-refractivity contribution in [2.24, 2.45) is 0 Å². The number of nitrogens with one attached hydrogen (secondary N) is 2. The molecule has 9 heteroatoms. The summed E-state index contributed by atoms with van der Waals surface area (Å²) < 4.78 is 17.5. The van der Waals surface area contributed by atoms with Crippen molar-refractivity contribution in [2.45, 2.75) is 33.5 Å². The Morgan fingerprint density at radius 2 is 1.93 bits per heavy atom. The quantitative estimate of drug-likeness (QED) is 0.558. The van der Waals surface area contributed by atoms with Crippen LogP contribution >= 0.6 is 28.1 Å². The third-order valence-electron chi connectivity index (χ3n) is 4.02. The highest BCUT2D eigenvalue weighted by Crippen LogP contribution is 2.21. The summed E-state index contributed by atoms with van der Waals surface area (Å²) in [5.74, 6) is 0.370. The minimum atomic E-state index is -0.251. The van der Waals surface area contributed by atoms with Gasteiger partial charge in [0.1, 0.15) is 5.82 Å².